The molecule has 0 fully saturated rings. The molecule has 0 aliphatic heterocycles. The zero-order valence-electron chi connectivity index (χ0n) is 10.7. The summed E-state index contributed by atoms with van der Waals surface area (Å²) in [5, 5.41) is 6.08. The fourth-order valence-corrected chi connectivity index (χ4v) is 1.61. The molecule has 1 aromatic rings. The number of anilines is 1. The second kappa shape index (κ2) is 7.85. The molecule has 1 unspecified atom stereocenters. The molecule has 0 saturated carbocycles. The van der Waals surface area contributed by atoms with Crippen LogP contribution in [0.15, 0.2) is 30.3 Å². The highest BCUT2D eigenvalue weighted by molar-refractivity contribution is 5.92. The average Bonchev–Trinajstić information content (AvgIpc) is 2.35. The predicted molar refractivity (Wildman–Crippen MR) is 72.1 cm³/mol. The van der Waals surface area contributed by atoms with Crippen LogP contribution in [0.5, 0.6) is 0 Å². The molecular weight excluding hydrogens is 212 g/mol. The van der Waals surface area contributed by atoms with E-state index in [1.807, 2.05) is 30.3 Å². The van der Waals surface area contributed by atoms with Gasteiger partial charge in [0.05, 0.1) is 6.54 Å². The molecule has 94 valence electrons. The Morgan fingerprint density at radius 1 is 1.29 bits per heavy atom. The van der Waals surface area contributed by atoms with Crippen LogP contribution in [-0.2, 0) is 4.79 Å². The number of amides is 1. The number of hydrogen-bond donors (Lipinski definition) is 2. The van der Waals surface area contributed by atoms with E-state index in [1.165, 1.54) is 12.8 Å². The summed E-state index contributed by atoms with van der Waals surface area (Å²) in [6.45, 7) is 4.67. The zero-order valence-corrected chi connectivity index (χ0v) is 10.7. The Labute approximate surface area is 104 Å². The van der Waals surface area contributed by atoms with Gasteiger partial charge in [-0.25, -0.2) is 0 Å². The first-order chi connectivity index (χ1) is 8.22. The molecular formula is C14H22N2O. The molecule has 0 heterocycles. The fourth-order valence-electron chi connectivity index (χ4n) is 1.61. The third kappa shape index (κ3) is 6.07. The highest BCUT2D eigenvalue weighted by Crippen LogP contribution is 2.04. The third-order valence-electron chi connectivity index (χ3n) is 2.66. The minimum atomic E-state index is 0.0135. The third-order valence-corrected chi connectivity index (χ3v) is 2.66. The lowest BCUT2D eigenvalue weighted by Gasteiger charge is -2.13. The van der Waals surface area contributed by atoms with E-state index in [0.717, 1.165) is 12.1 Å². The van der Waals surface area contributed by atoms with Crippen LogP contribution in [0.25, 0.3) is 0 Å². The van der Waals surface area contributed by atoms with Crippen molar-refractivity contribution in [1.29, 1.82) is 0 Å². The number of nitrogens with one attached hydrogen (secondary N) is 2. The van der Waals surface area contributed by atoms with Crippen molar-refractivity contribution >= 4 is 11.6 Å². The quantitative estimate of drug-likeness (QED) is 0.761. The van der Waals surface area contributed by atoms with Crippen LogP contribution in [0.1, 0.15) is 33.1 Å². The van der Waals surface area contributed by atoms with Crippen molar-refractivity contribution < 1.29 is 4.79 Å². The highest BCUT2D eigenvalue weighted by atomic mass is 16.1. The summed E-state index contributed by atoms with van der Waals surface area (Å²) in [6, 6.07) is 9.92. The van der Waals surface area contributed by atoms with Crippen LogP contribution in [0, 0.1) is 0 Å². The van der Waals surface area contributed by atoms with E-state index in [9.17, 15) is 4.79 Å². The monoisotopic (exact) mass is 234 g/mol. The van der Waals surface area contributed by atoms with Gasteiger partial charge in [-0.05, 0) is 25.5 Å². The number of carbonyl (C=O) groups is 1. The van der Waals surface area contributed by atoms with E-state index in [-0.39, 0.29) is 5.91 Å². The Morgan fingerprint density at radius 2 is 2.00 bits per heavy atom. The first-order valence-corrected chi connectivity index (χ1v) is 6.30. The summed E-state index contributed by atoms with van der Waals surface area (Å²) >= 11 is 0. The molecule has 1 atom stereocenters. The number of unbranched alkanes of at least 4 members (excludes halogenated alkanes) is 1. The van der Waals surface area contributed by atoms with Crippen molar-refractivity contribution in [2.45, 2.75) is 39.2 Å². The van der Waals surface area contributed by atoms with Crippen LogP contribution in [-0.4, -0.2) is 18.5 Å². The van der Waals surface area contributed by atoms with Gasteiger partial charge >= 0.3 is 0 Å². The Bertz CT molecular complexity index is 324. The largest absolute Gasteiger partial charge is 0.325 e. The van der Waals surface area contributed by atoms with Gasteiger partial charge in [0.1, 0.15) is 0 Å². The van der Waals surface area contributed by atoms with Gasteiger partial charge in [0, 0.05) is 11.7 Å². The van der Waals surface area contributed by atoms with Gasteiger partial charge in [0.25, 0.3) is 0 Å². The molecule has 0 aliphatic rings. The lowest BCUT2D eigenvalue weighted by Crippen LogP contribution is -2.34. The lowest BCUT2D eigenvalue weighted by atomic mass is 10.1. The Balaban J connectivity index is 2.21. The smallest absolute Gasteiger partial charge is 0.238 e. The minimum Gasteiger partial charge on any atom is -0.325 e. The molecule has 3 heteroatoms. The van der Waals surface area contributed by atoms with Crippen molar-refractivity contribution in [2.75, 3.05) is 11.9 Å². The van der Waals surface area contributed by atoms with Crippen LogP contribution in [0.2, 0.25) is 0 Å². The number of hydrogen-bond acceptors (Lipinski definition) is 2. The summed E-state index contributed by atoms with van der Waals surface area (Å²) in [6.07, 6.45) is 3.52. The summed E-state index contributed by atoms with van der Waals surface area (Å²) in [5.41, 5.74) is 0.848. The maximum Gasteiger partial charge on any atom is 0.238 e. The Kier molecular flexibility index (Phi) is 6.33. The van der Waals surface area contributed by atoms with Gasteiger partial charge in [-0.1, -0.05) is 38.0 Å². The van der Waals surface area contributed by atoms with Gasteiger partial charge in [0.15, 0.2) is 0 Å². The molecule has 0 aliphatic carbocycles. The molecule has 2 N–H and O–H groups in total. The molecule has 3 nitrogen and oxygen atoms in total. The fraction of sp³-hybridized carbons (Fsp3) is 0.500. The molecule has 0 aromatic heterocycles. The maximum atomic E-state index is 11.6. The first-order valence-electron chi connectivity index (χ1n) is 6.30. The molecule has 1 aromatic carbocycles. The summed E-state index contributed by atoms with van der Waals surface area (Å²) in [7, 11) is 0. The molecule has 1 rings (SSSR count). The van der Waals surface area contributed by atoms with Gasteiger partial charge in [-0.15, -0.1) is 0 Å². The molecule has 0 saturated heterocycles. The standard InChI is InChI=1S/C14H22N2O/c1-3-4-8-12(2)15-11-14(17)16-13-9-6-5-7-10-13/h5-7,9-10,12,15H,3-4,8,11H2,1-2H3,(H,16,17). The number of para-hydroxylation sites is 1. The van der Waals surface area contributed by atoms with Crippen LogP contribution in [0.4, 0.5) is 5.69 Å². The van der Waals surface area contributed by atoms with E-state index < -0.39 is 0 Å². The van der Waals surface area contributed by atoms with E-state index in [1.54, 1.807) is 0 Å². The second-order valence-electron chi connectivity index (χ2n) is 4.34. The molecule has 1 amide bonds. The number of benzene rings is 1. The van der Waals surface area contributed by atoms with Crippen molar-refractivity contribution in [3.8, 4) is 0 Å². The SMILES string of the molecule is CCCCC(C)NCC(=O)Nc1ccccc1. The maximum absolute atomic E-state index is 11.6. The number of carbonyl (C=O) groups excluding carboxylic acids is 1. The Hall–Kier alpha value is -1.35. The van der Waals surface area contributed by atoms with Crippen molar-refractivity contribution in [3.05, 3.63) is 30.3 Å². The van der Waals surface area contributed by atoms with Gasteiger partial charge in [-0.3, -0.25) is 4.79 Å². The topological polar surface area (TPSA) is 41.1 Å². The van der Waals surface area contributed by atoms with E-state index in [2.05, 4.69) is 24.5 Å². The minimum absolute atomic E-state index is 0.0135. The molecule has 0 bridgehead atoms. The zero-order chi connectivity index (χ0) is 12.5. The molecule has 0 spiro atoms. The van der Waals surface area contributed by atoms with Crippen LogP contribution < -0.4 is 10.6 Å². The van der Waals surface area contributed by atoms with Gasteiger partial charge in [-0.2, -0.15) is 0 Å². The van der Waals surface area contributed by atoms with Crippen molar-refractivity contribution in [3.63, 3.8) is 0 Å². The van der Waals surface area contributed by atoms with Gasteiger partial charge in [0.2, 0.25) is 5.91 Å². The number of rotatable bonds is 7. The van der Waals surface area contributed by atoms with Crippen LogP contribution in [0.3, 0.4) is 0 Å². The van der Waals surface area contributed by atoms with Crippen molar-refractivity contribution in [1.82, 2.24) is 5.32 Å². The summed E-state index contributed by atoms with van der Waals surface area (Å²) in [5.74, 6) is 0.0135. The summed E-state index contributed by atoms with van der Waals surface area (Å²) in [4.78, 5) is 11.6. The van der Waals surface area contributed by atoms with Crippen LogP contribution >= 0.6 is 0 Å². The highest BCUT2D eigenvalue weighted by Gasteiger charge is 2.05. The lowest BCUT2D eigenvalue weighted by molar-refractivity contribution is -0.115. The first kappa shape index (κ1) is 13.7. The normalized spacial score (nSPS) is 12.1. The average molecular weight is 234 g/mol. The van der Waals surface area contributed by atoms with Gasteiger partial charge < -0.3 is 10.6 Å². The molecule has 17 heavy (non-hydrogen) atoms. The second-order valence-corrected chi connectivity index (χ2v) is 4.34. The van der Waals surface area contributed by atoms with E-state index in [0.29, 0.717) is 12.6 Å². The van der Waals surface area contributed by atoms with E-state index in [4.69, 9.17) is 0 Å². The van der Waals surface area contributed by atoms with Crippen molar-refractivity contribution in [2.24, 2.45) is 0 Å². The predicted octanol–water partition coefficient (Wildman–Crippen LogP) is 2.79. The summed E-state index contributed by atoms with van der Waals surface area (Å²) < 4.78 is 0. The Morgan fingerprint density at radius 3 is 2.65 bits per heavy atom. The van der Waals surface area contributed by atoms with E-state index >= 15 is 0 Å². The molecule has 0 radical (unpaired) electrons.